The molecule has 3 aromatic carbocycles. The van der Waals surface area contributed by atoms with Crippen LogP contribution in [0.1, 0.15) is 26.9 Å². The highest BCUT2D eigenvalue weighted by Crippen LogP contribution is 2.50. The Bertz CT molecular complexity index is 2100. The molecule has 46 heavy (non-hydrogen) atoms. The van der Waals surface area contributed by atoms with E-state index in [4.69, 9.17) is 4.74 Å². The number of amides is 2. The van der Waals surface area contributed by atoms with E-state index >= 15 is 0 Å². The monoisotopic (exact) mass is 640 g/mol. The molecular formula is C29H28N4O13. The van der Waals surface area contributed by atoms with Crippen molar-refractivity contribution >= 4 is 55.4 Å². The largest absolute Gasteiger partial charge is 0.508 e. The number of benzene rings is 3. The highest BCUT2D eigenvalue weighted by molar-refractivity contribution is 6.39. The van der Waals surface area contributed by atoms with E-state index in [2.05, 4.69) is 10.4 Å². The Balaban J connectivity index is 1.70. The molecule has 12 N–H and O–H groups in total. The summed E-state index contributed by atoms with van der Waals surface area (Å²) in [6, 6.07) is 3.24. The molecule has 7 rings (SSSR count). The molecule has 4 heterocycles. The number of hydrazine groups is 1. The standard InChI is InChI=1S/C29H28N4O13/c34-5-8(6-35)31-33-27(44)18-16-11-1-9(37)3-13(39)20(11)30-21(16)23-17(19(18)28(33)45)12-2-10(38)4-14(40)22(12)32(23)29-26(43)25(42)24(41)15(7-36)46-29/h1-4,8,15,24-26,29-31,34-43H,5-7H2/t15-,24-,25+,26-,29-/m1/s1. The SMILES string of the molecule is O=C1c2c(c3c4cc(O)cc(O)c4n([C@@H]4O[C@H](CO)[C@@H](O)[C@H](O)[C@H]4O)c3c3[nH]c4c(O)cc(O)cc4c23)C(=O)N1NC(CO)CO. The number of hydrogen-bond donors (Lipinski definition) is 12. The molecule has 2 amide bonds. The van der Waals surface area contributed by atoms with Crippen molar-refractivity contribution in [3.05, 3.63) is 35.4 Å². The second-order valence-corrected chi connectivity index (χ2v) is 11.3. The van der Waals surface area contributed by atoms with Crippen molar-refractivity contribution in [2.24, 2.45) is 0 Å². The Labute approximate surface area is 255 Å². The van der Waals surface area contributed by atoms with Crippen molar-refractivity contribution in [3.8, 4) is 23.0 Å². The molecular weight excluding hydrogens is 612 g/mol. The first-order chi connectivity index (χ1) is 21.9. The Morgan fingerprint density at radius 2 is 1.37 bits per heavy atom. The minimum Gasteiger partial charge on any atom is -0.508 e. The average molecular weight is 641 g/mol. The molecule has 242 valence electrons. The van der Waals surface area contributed by atoms with Crippen LogP contribution in [0, 0.1) is 0 Å². The van der Waals surface area contributed by atoms with Gasteiger partial charge in [0.1, 0.15) is 47.4 Å². The normalized spacial score (nSPS) is 23.6. The van der Waals surface area contributed by atoms with E-state index in [1.807, 2.05) is 0 Å². The van der Waals surface area contributed by atoms with Crippen molar-refractivity contribution in [2.45, 2.75) is 36.7 Å². The lowest BCUT2D eigenvalue weighted by molar-refractivity contribution is -0.249. The maximum Gasteiger partial charge on any atom is 0.276 e. The molecule has 0 aliphatic carbocycles. The summed E-state index contributed by atoms with van der Waals surface area (Å²) in [4.78, 5) is 31.1. The zero-order valence-electron chi connectivity index (χ0n) is 23.5. The number of imide groups is 1. The third-order valence-corrected chi connectivity index (χ3v) is 8.63. The van der Waals surface area contributed by atoms with Crippen LogP contribution in [-0.4, -0.2) is 128 Å². The fourth-order valence-electron chi connectivity index (χ4n) is 6.59. The summed E-state index contributed by atoms with van der Waals surface area (Å²) in [7, 11) is 0. The molecule has 1 fully saturated rings. The molecule has 17 heteroatoms. The predicted octanol–water partition coefficient (Wildman–Crippen LogP) is -1.32. The summed E-state index contributed by atoms with van der Waals surface area (Å²) in [6.07, 6.45) is -8.59. The molecule has 0 radical (unpaired) electrons. The third-order valence-electron chi connectivity index (χ3n) is 8.63. The van der Waals surface area contributed by atoms with Crippen LogP contribution in [0.2, 0.25) is 0 Å². The number of phenolic OH excluding ortho intramolecular Hbond substituents is 4. The first-order valence-corrected chi connectivity index (χ1v) is 14.0. The van der Waals surface area contributed by atoms with Gasteiger partial charge in [0, 0.05) is 33.7 Å². The van der Waals surface area contributed by atoms with Crippen molar-refractivity contribution in [3.63, 3.8) is 0 Å². The molecule has 0 spiro atoms. The number of carbonyl (C=O) groups is 2. The lowest BCUT2D eigenvalue weighted by Crippen LogP contribution is -2.56. The van der Waals surface area contributed by atoms with E-state index in [0.717, 1.165) is 12.1 Å². The third kappa shape index (κ3) is 3.91. The van der Waals surface area contributed by atoms with Gasteiger partial charge in [-0.25, -0.2) is 10.4 Å². The van der Waals surface area contributed by atoms with Gasteiger partial charge in [-0.15, -0.1) is 0 Å². The highest BCUT2D eigenvalue weighted by Gasteiger charge is 2.48. The van der Waals surface area contributed by atoms with Crippen LogP contribution >= 0.6 is 0 Å². The summed E-state index contributed by atoms with van der Waals surface area (Å²) >= 11 is 0. The number of aliphatic hydroxyl groups is 6. The fourth-order valence-corrected chi connectivity index (χ4v) is 6.59. The minimum absolute atomic E-state index is 0.00624. The van der Waals surface area contributed by atoms with Gasteiger partial charge in [0.2, 0.25) is 0 Å². The second kappa shape index (κ2) is 10.4. The Morgan fingerprint density at radius 1 is 0.761 bits per heavy atom. The summed E-state index contributed by atoms with van der Waals surface area (Å²) in [5.41, 5.74) is 1.77. The molecule has 0 unspecified atom stereocenters. The van der Waals surface area contributed by atoms with Gasteiger partial charge >= 0.3 is 0 Å². The van der Waals surface area contributed by atoms with Gasteiger partial charge in [0.15, 0.2) is 6.23 Å². The number of ether oxygens (including phenoxy) is 1. The molecule has 0 saturated carbocycles. The summed E-state index contributed by atoms with van der Waals surface area (Å²) in [5.74, 6) is -3.82. The number of fused-ring (bicyclic) bond motifs is 10. The first-order valence-electron chi connectivity index (χ1n) is 14.0. The van der Waals surface area contributed by atoms with Gasteiger partial charge in [-0.05, 0) is 12.1 Å². The predicted molar refractivity (Wildman–Crippen MR) is 156 cm³/mol. The van der Waals surface area contributed by atoms with E-state index in [1.165, 1.54) is 16.7 Å². The van der Waals surface area contributed by atoms with Crippen LogP contribution in [0.25, 0.3) is 43.6 Å². The zero-order chi connectivity index (χ0) is 32.9. The van der Waals surface area contributed by atoms with Crippen LogP contribution in [0.15, 0.2) is 24.3 Å². The highest BCUT2D eigenvalue weighted by atomic mass is 16.6. The van der Waals surface area contributed by atoms with Gasteiger partial charge in [-0.2, -0.15) is 0 Å². The maximum atomic E-state index is 14.1. The number of nitrogens with zero attached hydrogens (tertiary/aromatic N) is 2. The second-order valence-electron chi connectivity index (χ2n) is 11.3. The van der Waals surface area contributed by atoms with E-state index in [-0.39, 0.29) is 54.7 Å². The number of carbonyl (C=O) groups excluding carboxylic acids is 2. The molecule has 2 aromatic heterocycles. The van der Waals surface area contributed by atoms with Crippen molar-refractivity contribution < 1.29 is 65.4 Å². The van der Waals surface area contributed by atoms with Crippen LogP contribution in [0.5, 0.6) is 23.0 Å². The lowest BCUT2D eigenvalue weighted by Gasteiger charge is -2.41. The van der Waals surface area contributed by atoms with Gasteiger partial charge < -0.3 is 65.4 Å². The molecule has 1 saturated heterocycles. The van der Waals surface area contributed by atoms with Crippen molar-refractivity contribution in [2.75, 3.05) is 19.8 Å². The van der Waals surface area contributed by atoms with Gasteiger partial charge in [-0.1, -0.05) is 0 Å². The average Bonchev–Trinajstić information content (AvgIpc) is 3.63. The smallest absolute Gasteiger partial charge is 0.276 e. The summed E-state index contributed by atoms with van der Waals surface area (Å²) in [6.45, 7) is -2.12. The van der Waals surface area contributed by atoms with Gasteiger partial charge in [0.25, 0.3) is 11.8 Å². The van der Waals surface area contributed by atoms with Crippen LogP contribution in [-0.2, 0) is 4.74 Å². The Morgan fingerprint density at radius 3 is 2.00 bits per heavy atom. The first kappa shape index (κ1) is 30.0. The van der Waals surface area contributed by atoms with Crippen molar-refractivity contribution in [1.29, 1.82) is 0 Å². The van der Waals surface area contributed by atoms with Crippen LogP contribution < -0.4 is 5.43 Å². The van der Waals surface area contributed by atoms with E-state index in [0.29, 0.717) is 5.01 Å². The number of aromatic hydroxyl groups is 4. The summed E-state index contributed by atoms with van der Waals surface area (Å²) < 4.78 is 7.03. The van der Waals surface area contributed by atoms with E-state index in [9.17, 15) is 60.7 Å². The number of aromatic amines is 1. The molecule has 5 atom stereocenters. The van der Waals surface area contributed by atoms with Crippen LogP contribution in [0.3, 0.4) is 0 Å². The number of rotatable bonds is 6. The number of hydrogen-bond acceptors (Lipinski definition) is 14. The quantitative estimate of drug-likeness (QED) is 0.0959. The number of aromatic nitrogens is 2. The number of H-pyrrole nitrogens is 1. The Kier molecular flexibility index (Phi) is 6.78. The Hall–Kier alpha value is -4.72. The molecule has 0 bridgehead atoms. The van der Waals surface area contributed by atoms with Gasteiger partial charge in [0.05, 0.1) is 59.1 Å². The van der Waals surface area contributed by atoms with E-state index < -0.39 is 91.3 Å². The van der Waals surface area contributed by atoms with Crippen LogP contribution in [0.4, 0.5) is 0 Å². The van der Waals surface area contributed by atoms with E-state index in [1.54, 1.807) is 0 Å². The van der Waals surface area contributed by atoms with Gasteiger partial charge in [-0.3, -0.25) is 9.59 Å². The fraction of sp³-hybridized carbons (Fsp3) is 0.310. The van der Waals surface area contributed by atoms with Crippen molar-refractivity contribution in [1.82, 2.24) is 20.0 Å². The molecule has 2 aliphatic heterocycles. The molecule has 2 aliphatic rings. The molecule has 17 nitrogen and oxygen atoms in total. The number of aliphatic hydroxyl groups excluding tert-OH is 6. The lowest BCUT2D eigenvalue weighted by atomic mass is 9.96. The zero-order valence-corrected chi connectivity index (χ0v) is 23.5. The molecule has 5 aromatic rings. The number of phenols is 4. The summed E-state index contributed by atoms with van der Waals surface area (Å²) in [5, 5.41) is 105. The maximum absolute atomic E-state index is 14.1. The minimum atomic E-state index is -1.90. The topological polar surface area (TPSA) is 282 Å². The number of nitrogens with one attached hydrogen (secondary N) is 2.